The second-order valence-electron chi connectivity index (χ2n) is 4.47. The van der Waals surface area contributed by atoms with Crippen LogP contribution >= 0.6 is 15.9 Å². The molecule has 1 fully saturated rings. The Morgan fingerprint density at radius 3 is 2.81 bits per heavy atom. The van der Waals surface area contributed by atoms with Crippen LogP contribution in [0, 0.1) is 0 Å². The number of aliphatic hydroxyl groups excluding tert-OH is 1. The topological polar surface area (TPSA) is 32.3 Å². The number of rotatable bonds is 2. The summed E-state index contributed by atoms with van der Waals surface area (Å²) in [5.74, 6) is 0. The summed E-state index contributed by atoms with van der Waals surface area (Å²) >= 11 is 3.46. The molecule has 0 spiro atoms. The van der Waals surface area contributed by atoms with Crippen LogP contribution in [0.5, 0.6) is 0 Å². The second kappa shape index (κ2) is 5.69. The lowest BCUT2D eigenvalue weighted by molar-refractivity contribution is 0.144. The van der Waals surface area contributed by atoms with Crippen LogP contribution in [-0.2, 0) is 0 Å². The number of halogens is 1. The molecule has 2 nitrogen and oxygen atoms in total. The molecular formula is C13H18BrNO. The first kappa shape index (κ1) is 11.9. The quantitative estimate of drug-likeness (QED) is 0.814. The van der Waals surface area contributed by atoms with Gasteiger partial charge in [0.25, 0.3) is 0 Å². The van der Waals surface area contributed by atoms with Crippen LogP contribution in [0.1, 0.15) is 32.1 Å². The van der Waals surface area contributed by atoms with Gasteiger partial charge < -0.3 is 10.4 Å². The van der Waals surface area contributed by atoms with E-state index in [1.807, 2.05) is 18.2 Å². The lowest BCUT2D eigenvalue weighted by Crippen LogP contribution is -2.32. The van der Waals surface area contributed by atoms with E-state index in [-0.39, 0.29) is 12.1 Å². The predicted octanol–water partition coefficient (Wildman–Crippen LogP) is 3.55. The van der Waals surface area contributed by atoms with E-state index in [1.54, 1.807) is 0 Å². The van der Waals surface area contributed by atoms with Crippen LogP contribution in [0.15, 0.2) is 28.7 Å². The van der Waals surface area contributed by atoms with Crippen LogP contribution in [0.3, 0.4) is 0 Å². The van der Waals surface area contributed by atoms with Crippen molar-refractivity contribution in [3.05, 3.63) is 28.7 Å². The average Bonchev–Trinajstić information content (AvgIpc) is 2.45. The summed E-state index contributed by atoms with van der Waals surface area (Å²) < 4.78 is 1.07. The molecule has 2 rings (SSSR count). The van der Waals surface area contributed by atoms with Crippen molar-refractivity contribution in [1.29, 1.82) is 0 Å². The van der Waals surface area contributed by atoms with Gasteiger partial charge in [0.1, 0.15) is 0 Å². The molecule has 1 aromatic rings. The molecule has 2 unspecified atom stereocenters. The molecule has 0 radical (unpaired) electrons. The molecule has 0 bridgehead atoms. The van der Waals surface area contributed by atoms with Crippen molar-refractivity contribution >= 4 is 21.6 Å². The number of anilines is 1. The number of nitrogens with one attached hydrogen (secondary N) is 1. The Bertz CT molecular complexity index is 342. The smallest absolute Gasteiger partial charge is 0.0741 e. The molecule has 3 heteroatoms. The molecule has 16 heavy (non-hydrogen) atoms. The summed E-state index contributed by atoms with van der Waals surface area (Å²) in [5, 5.41) is 13.4. The monoisotopic (exact) mass is 283 g/mol. The molecule has 0 aliphatic heterocycles. The van der Waals surface area contributed by atoms with Crippen molar-refractivity contribution in [2.24, 2.45) is 0 Å². The van der Waals surface area contributed by atoms with Gasteiger partial charge in [0.2, 0.25) is 0 Å². The maximum atomic E-state index is 10.0. The Morgan fingerprint density at radius 2 is 2.00 bits per heavy atom. The third kappa shape index (κ3) is 3.22. The molecule has 0 heterocycles. The van der Waals surface area contributed by atoms with E-state index in [2.05, 4.69) is 27.3 Å². The van der Waals surface area contributed by atoms with Crippen molar-refractivity contribution in [1.82, 2.24) is 0 Å². The van der Waals surface area contributed by atoms with E-state index in [9.17, 15) is 5.11 Å². The zero-order valence-corrected chi connectivity index (χ0v) is 10.9. The van der Waals surface area contributed by atoms with Gasteiger partial charge in [-0.1, -0.05) is 41.3 Å². The van der Waals surface area contributed by atoms with Gasteiger partial charge in [-0.05, 0) is 31.0 Å². The zero-order valence-electron chi connectivity index (χ0n) is 9.32. The van der Waals surface area contributed by atoms with Gasteiger partial charge >= 0.3 is 0 Å². The molecule has 1 aromatic carbocycles. The van der Waals surface area contributed by atoms with E-state index in [0.29, 0.717) is 0 Å². The highest BCUT2D eigenvalue weighted by molar-refractivity contribution is 9.10. The van der Waals surface area contributed by atoms with E-state index in [1.165, 1.54) is 12.8 Å². The van der Waals surface area contributed by atoms with Gasteiger partial charge in [0.05, 0.1) is 12.1 Å². The molecule has 1 aliphatic rings. The summed E-state index contributed by atoms with van der Waals surface area (Å²) in [6.45, 7) is 0. The van der Waals surface area contributed by atoms with Gasteiger partial charge in [0.15, 0.2) is 0 Å². The third-order valence-corrected chi connectivity index (χ3v) is 3.65. The summed E-state index contributed by atoms with van der Waals surface area (Å²) in [6, 6.07) is 8.32. The highest BCUT2D eigenvalue weighted by atomic mass is 79.9. The highest BCUT2D eigenvalue weighted by Crippen LogP contribution is 2.23. The maximum Gasteiger partial charge on any atom is 0.0741 e. The summed E-state index contributed by atoms with van der Waals surface area (Å²) in [4.78, 5) is 0. The highest BCUT2D eigenvalue weighted by Gasteiger charge is 2.21. The number of benzene rings is 1. The van der Waals surface area contributed by atoms with Crippen LogP contribution in [0.25, 0.3) is 0 Å². The van der Waals surface area contributed by atoms with E-state index in [4.69, 9.17) is 0 Å². The van der Waals surface area contributed by atoms with Crippen LogP contribution in [0.2, 0.25) is 0 Å². The number of hydrogen-bond donors (Lipinski definition) is 2. The summed E-state index contributed by atoms with van der Waals surface area (Å²) in [7, 11) is 0. The Hall–Kier alpha value is -0.540. The standard InChI is InChI=1S/C13H18BrNO/c14-10-5-4-6-11(9-10)15-12-7-2-1-3-8-13(12)16/h4-6,9,12-13,15-16H,1-3,7-8H2. The number of aliphatic hydroxyl groups is 1. The Kier molecular flexibility index (Phi) is 4.24. The first-order valence-corrected chi connectivity index (χ1v) is 6.75. The van der Waals surface area contributed by atoms with Gasteiger partial charge in [-0.15, -0.1) is 0 Å². The molecule has 2 N–H and O–H groups in total. The minimum Gasteiger partial charge on any atom is -0.391 e. The van der Waals surface area contributed by atoms with Crippen molar-refractivity contribution in [2.45, 2.75) is 44.2 Å². The maximum absolute atomic E-state index is 10.0. The van der Waals surface area contributed by atoms with Gasteiger partial charge in [-0.2, -0.15) is 0 Å². The largest absolute Gasteiger partial charge is 0.391 e. The Morgan fingerprint density at radius 1 is 1.19 bits per heavy atom. The van der Waals surface area contributed by atoms with E-state index >= 15 is 0 Å². The lowest BCUT2D eigenvalue weighted by Gasteiger charge is -2.23. The number of hydrogen-bond acceptors (Lipinski definition) is 2. The fraction of sp³-hybridized carbons (Fsp3) is 0.538. The zero-order chi connectivity index (χ0) is 11.4. The van der Waals surface area contributed by atoms with Crippen LogP contribution < -0.4 is 5.32 Å². The van der Waals surface area contributed by atoms with Gasteiger partial charge in [0, 0.05) is 10.2 Å². The molecule has 88 valence electrons. The first-order chi connectivity index (χ1) is 7.75. The third-order valence-electron chi connectivity index (χ3n) is 3.16. The average molecular weight is 284 g/mol. The summed E-state index contributed by atoms with van der Waals surface area (Å²) in [5.41, 5.74) is 1.08. The minimum atomic E-state index is -0.207. The van der Waals surface area contributed by atoms with Crippen molar-refractivity contribution < 1.29 is 5.11 Å². The van der Waals surface area contributed by atoms with Crippen LogP contribution in [0.4, 0.5) is 5.69 Å². The van der Waals surface area contributed by atoms with Gasteiger partial charge in [-0.25, -0.2) is 0 Å². The predicted molar refractivity (Wildman–Crippen MR) is 70.6 cm³/mol. The van der Waals surface area contributed by atoms with Crippen molar-refractivity contribution in [3.8, 4) is 0 Å². The summed E-state index contributed by atoms with van der Waals surface area (Å²) in [6.07, 6.45) is 5.38. The molecule has 1 aliphatic carbocycles. The Labute approximate surface area is 105 Å². The second-order valence-corrected chi connectivity index (χ2v) is 5.38. The molecule has 1 saturated carbocycles. The molecule has 0 amide bonds. The first-order valence-electron chi connectivity index (χ1n) is 5.96. The SMILES string of the molecule is OC1CCCCCC1Nc1cccc(Br)c1. The van der Waals surface area contributed by atoms with E-state index in [0.717, 1.165) is 29.4 Å². The molecule has 2 atom stereocenters. The fourth-order valence-electron chi connectivity index (χ4n) is 2.25. The van der Waals surface area contributed by atoms with Crippen molar-refractivity contribution in [3.63, 3.8) is 0 Å². The minimum absolute atomic E-state index is 0.205. The normalized spacial score (nSPS) is 26.1. The molecule has 0 aromatic heterocycles. The molecular weight excluding hydrogens is 266 g/mol. The van der Waals surface area contributed by atoms with Crippen molar-refractivity contribution in [2.75, 3.05) is 5.32 Å². The van der Waals surface area contributed by atoms with E-state index < -0.39 is 0 Å². The van der Waals surface area contributed by atoms with Gasteiger partial charge in [-0.3, -0.25) is 0 Å². The lowest BCUT2D eigenvalue weighted by atomic mass is 10.1. The Balaban J connectivity index is 2.02. The van der Waals surface area contributed by atoms with Crippen LogP contribution in [-0.4, -0.2) is 17.3 Å². The molecule has 0 saturated heterocycles. The fourth-order valence-corrected chi connectivity index (χ4v) is 2.65.